The molecule has 3 rings (SSSR count). The Morgan fingerprint density at radius 3 is 2.45 bits per heavy atom. The number of rotatable bonds is 5. The fraction of sp³-hybridized carbons (Fsp3) is 0.304. The molecule has 3 aromatic rings. The van der Waals surface area contributed by atoms with Crippen LogP contribution in [0.5, 0.6) is 0 Å². The van der Waals surface area contributed by atoms with Gasteiger partial charge in [0, 0.05) is 16.6 Å². The number of benzene rings is 2. The third-order valence-corrected chi connectivity index (χ3v) is 4.45. The summed E-state index contributed by atoms with van der Waals surface area (Å²) >= 11 is 0. The molecule has 1 aromatic heterocycles. The fourth-order valence-electron chi connectivity index (χ4n) is 3.10. The molecule has 6 heteroatoms. The molecule has 0 bridgehead atoms. The van der Waals surface area contributed by atoms with E-state index in [0.29, 0.717) is 22.2 Å². The number of aromatic nitrogens is 1. The van der Waals surface area contributed by atoms with Crippen LogP contribution in [0.4, 0.5) is 0 Å². The largest absolute Gasteiger partial charge is 0.459 e. The average Bonchev–Trinajstić information content (AvgIpc) is 3.00. The maximum Gasteiger partial charge on any atom is 0.340 e. The van der Waals surface area contributed by atoms with Crippen molar-refractivity contribution in [1.29, 1.82) is 0 Å². The standard InChI is InChI=1S/C23H26N2O4/c1-14-19(21(26)28-13-15-8-6-5-7-9-15)17-12-16(10-11-18(17)25-14)20(24)22(27)29-23(2,3)4/h5-12,20,25H,13,24H2,1-4H3. The molecule has 0 saturated carbocycles. The van der Waals surface area contributed by atoms with E-state index in [1.165, 1.54) is 0 Å². The number of nitrogens with one attached hydrogen (secondary N) is 1. The summed E-state index contributed by atoms with van der Waals surface area (Å²) in [6.45, 7) is 7.36. The molecule has 0 spiro atoms. The van der Waals surface area contributed by atoms with E-state index in [2.05, 4.69) is 4.98 Å². The van der Waals surface area contributed by atoms with Crippen molar-refractivity contribution in [2.75, 3.05) is 0 Å². The molecule has 0 aliphatic rings. The van der Waals surface area contributed by atoms with Crippen molar-refractivity contribution in [3.63, 3.8) is 0 Å². The third-order valence-electron chi connectivity index (χ3n) is 4.45. The van der Waals surface area contributed by atoms with Crippen LogP contribution < -0.4 is 5.73 Å². The lowest BCUT2D eigenvalue weighted by Gasteiger charge is -2.22. The summed E-state index contributed by atoms with van der Waals surface area (Å²) in [4.78, 5) is 28.3. The second-order valence-electron chi connectivity index (χ2n) is 8.00. The van der Waals surface area contributed by atoms with Crippen LogP contribution in [0, 0.1) is 6.92 Å². The van der Waals surface area contributed by atoms with Crippen LogP contribution in [0.25, 0.3) is 10.9 Å². The van der Waals surface area contributed by atoms with Crippen molar-refractivity contribution in [3.05, 3.63) is 70.9 Å². The summed E-state index contributed by atoms with van der Waals surface area (Å²) in [5.41, 5.74) is 8.86. The molecule has 0 aliphatic carbocycles. The Balaban J connectivity index is 1.86. The lowest BCUT2D eigenvalue weighted by molar-refractivity contribution is -0.156. The van der Waals surface area contributed by atoms with Crippen LogP contribution in [0.1, 0.15) is 54.0 Å². The first kappa shape index (κ1) is 20.6. The Morgan fingerprint density at radius 2 is 1.79 bits per heavy atom. The molecule has 0 fully saturated rings. The van der Waals surface area contributed by atoms with Crippen molar-refractivity contribution in [3.8, 4) is 0 Å². The summed E-state index contributed by atoms with van der Waals surface area (Å²) in [5.74, 6) is -0.946. The van der Waals surface area contributed by atoms with E-state index in [4.69, 9.17) is 15.2 Å². The van der Waals surface area contributed by atoms with Crippen LogP contribution in [0.3, 0.4) is 0 Å². The van der Waals surface area contributed by atoms with Gasteiger partial charge in [-0.1, -0.05) is 36.4 Å². The molecule has 1 atom stereocenters. The van der Waals surface area contributed by atoms with Gasteiger partial charge in [0.25, 0.3) is 0 Å². The molecule has 6 nitrogen and oxygen atoms in total. The van der Waals surface area contributed by atoms with E-state index < -0.39 is 23.6 Å². The van der Waals surface area contributed by atoms with Gasteiger partial charge in [0.2, 0.25) is 0 Å². The minimum Gasteiger partial charge on any atom is -0.459 e. The first-order chi connectivity index (χ1) is 13.7. The summed E-state index contributed by atoms with van der Waals surface area (Å²) in [7, 11) is 0. The second kappa shape index (κ2) is 8.09. The number of H-pyrrole nitrogens is 1. The van der Waals surface area contributed by atoms with Gasteiger partial charge in [-0.15, -0.1) is 0 Å². The highest BCUT2D eigenvalue weighted by molar-refractivity contribution is 6.06. The summed E-state index contributed by atoms with van der Waals surface area (Å²) in [6.07, 6.45) is 0. The number of hydrogen-bond acceptors (Lipinski definition) is 5. The zero-order valence-electron chi connectivity index (χ0n) is 17.1. The summed E-state index contributed by atoms with van der Waals surface area (Å²) < 4.78 is 10.9. The van der Waals surface area contributed by atoms with E-state index >= 15 is 0 Å². The molecule has 29 heavy (non-hydrogen) atoms. The van der Waals surface area contributed by atoms with Gasteiger partial charge < -0.3 is 20.2 Å². The molecule has 0 aliphatic heterocycles. The van der Waals surface area contributed by atoms with Crippen LogP contribution in [0.2, 0.25) is 0 Å². The zero-order chi connectivity index (χ0) is 21.2. The molecular formula is C23H26N2O4. The van der Waals surface area contributed by atoms with Crippen molar-refractivity contribution in [1.82, 2.24) is 4.98 Å². The predicted molar refractivity (Wildman–Crippen MR) is 111 cm³/mol. The average molecular weight is 394 g/mol. The van der Waals surface area contributed by atoms with Crippen molar-refractivity contribution >= 4 is 22.8 Å². The SMILES string of the molecule is Cc1[nH]c2ccc(C(N)C(=O)OC(C)(C)C)cc2c1C(=O)OCc1ccccc1. The number of aryl methyl sites for hydroxylation is 1. The maximum absolute atomic E-state index is 12.8. The summed E-state index contributed by atoms with van der Waals surface area (Å²) in [6, 6.07) is 13.8. The van der Waals surface area contributed by atoms with E-state index in [9.17, 15) is 9.59 Å². The monoisotopic (exact) mass is 394 g/mol. The molecule has 152 valence electrons. The highest BCUT2D eigenvalue weighted by Crippen LogP contribution is 2.27. The van der Waals surface area contributed by atoms with Crippen molar-refractivity contribution in [2.24, 2.45) is 5.73 Å². The molecule has 0 saturated heterocycles. The fourth-order valence-corrected chi connectivity index (χ4v) is 3.10. The number of nitrogens with two attached hydrogens (primary N) is 1. The molecule has 0 radical (unpaired) electrons. The number of ether oxygens (including phenoxy) is 2. The van der Waals surface area contributed by atoms with Crippen LogP contribution in [-0.2, 0) is 20.9 Å². The van der Waals surface area contributed by atoms with Gasteiger partial charge in [-0.2, -0.15) is 0 Å². The first-order valence-electron chi connectivity index (χ1n) is 9.47. The van der Waals surface area contributed by atoms with Gasteiger partial charge in [-0.25, -0.2) is 9.59 Å². The minimum atomic E-state index is -0.943. The van der Waals surface area contributed by atoms with E-state index in [1.807, 2.05) is 37.3 Å². The minimum absolute atomic E-state index is 0.183. The van der Waals surface area contributed by atoms with Crippen LogP contribution >= 0.6 is 0 Å². The molecule has 2 aromatic carbocycles. The quantitative estimate of drug-likeness (QED) is 0.633. The van der Waals surface area contributed by atoms with Gasteiger partial charge in [-0.3, -0.25) is 0 Å². The maximum atomic E-state index is 12.8. The molecule has 1 heterocycles. The predicted octanol–water partition coefficient (Wildman–Crippen LogP) is 4.17. The van der Waals surface area contributed by atoms with E-state index in [1.54, 1.807) is 39.0 Å². The van der Waals surface area contributed by atoms with Crippen molar-refractivity contribution in [2.45, 2.75) is 45.9 Å². The smallest absolute Gasteiger partial charge is 0.340 e. The summed E-state index contributed by atoms with van der Waals surface area (Å²) in [5, 5.41) is 0.664. The normalized spacial score (nSPS) is 12.6. The number of carbonyl (C=O) groups excluding carboxylic acids is 2. The Kier molecular flexibility index (Phi) is 5.75. The van der Waals surface area contributed by atoms with Crippen LogP contribution in [-0.4, -0.2) is 22.5 Å². The number of fused-ring (bicyclic) bond motifs is 1. The molecule has 0 amide bonds. The highest BCUT2D eigenvalue weighted by Gasteiger charge is 2.25. The number of hydrogen-bond donors (Lipinski definition) is 2. The van der Waals surface area contributed by atoms with E-state index in [-0.39, 0.29) is 6.61 Å². The third kappa shape index (κ3) is 4.84. The Morgan fingerprint density at radius 1 is 1.10 bits per heavy atom. The molecule has 1 unspecified atom stereocenters. The lowest BCUT2D eigenvalue weighted by atomic mass is 10.0. The van der Waals surface area contributed by atoms with Crippen molar-refractivity contribution < 1.29 is 19.1 Å². The van der Waals surface area contributed by atoms with Gasteiger partial charge in [0.1, 0.15) is 18.2 Å². The number of aromatic amines is 1. The topological polar surface area (TPSA) is 94.4 Å². The Hall–Kier alpha value is -3.12. The van der Waals surface area contributed by atoms with Gasteiger partial charge >= 0.3 is 11.9 Å². The lowest BCUT2D eigenvalue weighted by Crippen LogP contribution is -2.31. The molecular weight excluding hydrogens is 368 g/mol. The second-order valence-corrected chi connectivity index (χ2v) is 8.00. The van der Waals surface area contributed by atoms with Gasteiger partial charge in [-0.05, 0) is 51.0 Å². The van der Waals surface area contributed by atoms with E-state index in [0.717, 1.165) is 11.1 Å². The zero-order valence-corrected chi connectivity index (χ0v) is 17.1. The Bertz CT molecular complexity index is 1030. The number of esters is 2. The Labute approximate surface area is 170 Å². The first-order valence-corrected chi connectivity index (χ1v) is 9.47. The highest BCUT2D eigenvalue weighted by atomic mass is 16.6. The van der Waals surface area contributed by atoms with Gasteiger partial charge in [0.05, 0.1) is 5.56 Å². The van der Waals surface area contributed by atoms with Crippen LogP contribution in [0.15, 0.2) is 48.5 Å². The molecule has 3 N–H and O–H groups in total. The number of carbonyl (C=O) groups is 2. The van der Waals surface area contributed by atoms with Gasteiger partial charge in [0.15, 0.2) is 0 Å².